The molecule has 164 valence electrons. The van der Waals surface area contributed by atoms with E-state index in [1.165, 1.54) is 24.6 Å². The Kier molecular flexibility index (Phi) is 6.92. The number of hydrogen-bond acceptors (Lipinski definition) is 6. The van der Waals surface area contributed by atoms with Gasteiger partial charge in [0.2, 0.25) is 0 Å². The van der Waals surface area contributed by atoms with E-state index < -0.39 is 5.97 Å². The van der Waals surface area contributed by atoms with E-state index in [4.69, 9.17) is 13.9 Å². The molecule has 0 saturated heterocycles. The molecule has 0 unspecified atom stereocenters. The van der Waals surface area contributed by atoms with Crippen LogP contribution in [0.15, 0.2) is 101 Å². The Morgan fingerprint density at radius 3 is 2.48 bits per heavy atom. The summed E-state index contributed by atoms with van der Waals surface area (Å²) in [5.41, 5.74) is 3.14. The number of esters is 1. The van der Waals surface area contributed by atoms with E-state index >= 15 is 0 Å². The summed E-state index contributed by atoms with van der Waals surface area (Å²) in [5, 5.41) is 6.06. The van der Waals surface area contributed by atoms with Crippen LogP contribution < -0.4 is 14.9 Å². The molecule has 0 saturated carbocycles. The van der Waals surface area contributed by atoms with Crippen LogP contribution in [0.5, 0.6) is 11.5 Å². The lowest BCUT2D eigenvalue weighted by Gasteiger charge is -2.06. The molecule has 0 radical (unpaired) electrons. The monoisotopic (exact) mass is 440 g/mol. The van der Waals surface area contributed by atoms with Crippen LogP contribution in [0.3, 0.4) is 0 Å². The molecule has 1 heterocycles. The molecule has 0 aliphatic carbocycles. The first-order valence-electron chi connectivity index (χ1n) is 10.1. The van der Waals surface area contributed by atoms with Gasteiger partial charge in [-0.1, -0.05) is 30.3 Å². The molecule has 4 aromatic rings. The van der Waals surface area contributed by atoms with Crippen LogP contribution in [0.1, 0.15) is 11.3 Å². The van der Waals surface area contributed by atoms with Gasteiger partial charge in [0.25, 0.3) is 5.91 Å². The molecular formula is C26H20N2O5. The number of hydrazone groups is 1. The minimum absolute atomic E-state index is 0.157. The molecule has 1 aromatic heterocycles. The van der Waals surface area contributed by atoms with Crippen molar-refractivity contribution in [2.24, 2.45) is 5.10 Å². The molecule has 0 spiro atoms. The summed E-state index contributed by atoms with van der Waals surface area (Å²) >= 11 is 0. The minimum atomic E-state index is -0.522. The first kappa shape index (κ1) is 21.6. The zero-order valence-electron chi connectivity index (χ0n) is 17.5. The average Bonchev–Trinajstić information content (AvgIpc) is 3.36. The summed E-state index contributed by atoms with van der Waals surface area (Å²) in [7, 11) is 0. The number of hydrogen-bond donors (Lipinski definition) is 1. The van der Waals surface area contributed by atoms with Crippen molar-refractivity contribution in [1.82, 2.24) is 5.43 Å². The van der Waals surface area contributed by atoms with Crippen molar-refractivity contribution in [3.63, 3.8) is 0 Å². The van der Waals surface area contributed by atoms with Gasteiger partial charge in [0.05, 0.1) is 12.5 Å². The second-order valence-corrected chi connectivity index (χ2v) is 6.93. The van der Waals surface area contributed by atoms with E-state index in [0.717, 1.165) is 16.3 Å². The molecule has 7 heteroatoms. The highest BCUT2D eigenvalue weighted by molar-refractivity contribution is 5.88. The number of nitrogens with zero attached hydrogens (tertiary/aromatic N) is 1. The van der Waals surface area contributed by atoms with Gasteiger partial charge in [0, 0.05) is 6.08 Å². The molecular weight excluding hydrogens is 420 g/mol. The molecule has 4 rings (SSSR count). The van der Waals surface area contributed by atoms with Gasteiger partial charge in [0.1, 0.15) is 17.3 Å². The summed E-state index contributed by atoms with van der Waals surface area (Å²) in [5.74, 6) is 0.647. The van der Waals surface area contributed by atoms with Crippen molar-refractivity contribution in [3.8, 4) is 11.5 Å². The molecule has 1 N–H and O–H groups in total. The van der Waals surface area contributed by atoms with E-state index in [2.05, 4.69) is 10.5 Å². The van der Waals surface area contributed by atoms with Gasteiger partial charge in [-0.3, -0.25) is 4.79 Å². The van der Waals surface area contributed by atoms with Crippen molar-refractivity contribution in [1.29, 1.82) is 0 Å². The summed E-state index contributed by atoms with van der Waals surface area (Å²) in [4.78, 5) is 23.8. The van der Waals surface area contributed by atoms with Crippen molar-refractivity contribution in [3.05, 3.63) is 103 Å². The van der Waals surface area contributed by atoms with Gasteiger partial charge in [-0.25, -0.2) is 10.2 Å². The number of furan rings is 1. The number of fused-ring (bicyclic) bond motifs is 1. The van der Waals surface area contributed by atoms with Crippen LogP contribution >= 0.6 is 0 Å². The maximum atomic E-state index is 12.0. The van der Waals surface area contributed by atoms with Crippen LogP contribution in [0, 0.1) is 0 Å². The third kappa shape index (κ3) is 6.41. The Morgan fingerprint density at radius 1 is 0.909 bits per heavy atom. The number of carbonyl (C=O) groups is 2. The number of nitrogens with one attached hydrogen (secondary N) is 1. The smallest absolute Gasteiger partial charge is 0.336 e. The fourth-order valence-electron chi connectivity index (χ4n) is 2.93. The van der Waals surface area contributed by atoms with E-state index in [0.29, 0.717) is 17.3 Å². The predicted molar refractivity (Wildman–Crippen MR) is 125 cm³/mol. The molecule has 7 nitrogen and oxygen atoms in total. The predicted octanol–water partition coefficient (Wildman–Crippen LogP) is 4.58. The normalized spacial score (nSPS) is 11.2. The molecule has 0 atom stereocenters. The van der Waals surface area contributed by atoms with Crippen molar-refractivity contribution >= 4 is 34.9 Å². The molecule has 0 fully saturated rings. The molecule has 0 bridgehead atoms. The summed E-state index contributed by atoms with van der Waals surface area (Å²) in [6, 6.07) is 23.7. The quantitative estimate of drug-likeness (QED) is 0.142. The van der Waals surface area contributed by atoms with Crippen LogP contribution in [0.2, 0.25) is 0 Å². The summed E-state index contributed by atoms with van der Waals surface area (Å²) < 4.78 is 15.9. The maximum absolute atomic E-state index is 12.0. The lowest BCUT2D eigenvalue weighted by molar-refractivity contribution is -0.129. The number of amides is 1. The van der Waals surface area contributed by atoms with Gasteiger partial charge in [-0.15, -0.1) is 0 Å². The molecule has 33 heavy (non-hydrogen) atoms. The second kappa shape index (κ2) is 10.6. The highest BCUT2D eigenvalue weighted by Gasteiger charge is 2.03. The van der Waals surface area contributed by atoms with Gasteiger partial charge >= 0.3 is 5.97 Å². The van der Waals surface area contributed by atoms with E-state index in [9.17, 15) is 9.59 Å². The first-order valence-corrected chi connectivity index (χ1v) is 10.1. The van der Waals surface area contributed by atoms with Crippen LogP contribution in [-0.2, 0) is 9.59 Å². The Hall–Kier alpha value is -4.65. The van der Waals surface area contributed by atoms with E-state index in [1.807, 2.05) is 42.5 Å². The fourth-order valence-corrected chi connectivity index (χ4v) is 2.93. The van der Waals surface area contributed by atoms with Crippen LogP contribution in [0.25, 0.3) is 16.8 Å². The zero-order chi connectivity index (χ0) is 22.9. The third-order valence-electron chi connectivity index (χ3n) is 4.52. The molecule has 3 aromatic carbocycles. The Labute approximate surface area is 189 Å². The highest BCUT2D eigenvalue weighted by atomic mass is 16.5. The summed E-state index contributed by atoms with van der Waals surface area (Å²) in [6.07, 6.45) is 5.81. The van der Waals surface area contributed by atoms with Gasteiger partial charge in [-0.2, -0.15) is 5.10 Å². The van der Waals surface area contributed by atoms with Gasteiger partial charge < -0.3 is 13.9 Å². The number of carbonyl (C=O) groups excluding carboxylic acids is 2. The standard InChI is InChI=1S/C26H20N2O5/c29-25(18-32-24-12-9-20-4-1-2-5-21(20)16-24)28-27-17-19-7-10-23(11-8-19)33-26(30)14-13-22-6-3-15-31-22/h1-17H,18H2,(H,28,29)/b14-13+,27-17-. The summed E-state index contributed by atoms with van der Waals surface area (Å²) in [6.45, 7) is -0.157. The molecule has 1 amide bonds. The van der Waals surface area contributed by atoms with Gasteiger partial charge in [-0.05, 0) is 70.9 Å². The fraction of sp³-hybridized carbons (Fsp3) is 0.0385. The topological polar surface area (TPSA) is 90.1 Å². The Morgan fingerprint density at radius 2 is 1.70 bits per heavy atom. The largest absolute Gasteiger partial charge is 0.484 e. The molecule has 0 aliphatic rings. The van der Waals surface area contributed by atoms with Crippen LogP contribution in [0.4, 0.5) is 0 Å². The maximum Gasteiger partial charge on any atom is 0.336 e. The lowest BCUT2D eigenvalue weighted by atomic mass is 10.1. The lowest BCUT2D eigenvalue weighted by Crippen LogP contribution is -2.24. The van der Waals surface area contributed by atoms with E-state index in [1.54, 1.807) is 36.4 Å². The number of ether oxygens (including phenoxy) is 2. The Bertz CT molecular complexity index is 1290. The third-order valence-corrected chi connectivity index (χ3v) is 4.52. The molecule has 0 aliphatic heterocycles. The van der Waals surface area contributed by atoms with Crippen molar-refractivity contribution < 1.29 is 23.5 Å². The van der Waals surface area contributed by atoms with Gasteiger partial charge in [0.15, 0.2) is 6.61 Å². The number of benzene rings is 3. The zero-order valence-corrected chi connectivity index (χ0v) is 17.5. The first-order chi connectivity index (χ1) is 16.2. The van der Waals surface area contributed by atoms with E-state index in [-0.39, 0.29) is 12.5 Å². The second-order valence-electron chi connectivity index (χ2n) is 6.93. The minimum Gasteiger partial charge on any atom is -0.484 e. The average molecular weight is 440 g/mol. The van der Waals surface area contributed by atoms with Crippen molar-refractivity contribution in [2.75, 3.05) is 6.61 Å². The Balaban J connectivity index is 1.22. The number of rotatable bonds is 8. The van der Waals surface area contributed by atoms with Crippen molar-refractivity contribution in [2.45, 2.75) is 0 Å². The SMILES string of the molecule is O=C(COc1ccc2ccccc2c1)N/N=C\c1ccc(OC(=O)/C=C/c2ccco2)cc1. The highest BCUT2D eigenvalue weighted by Crippen LogP contribution is 2.20. The van der Waals surface area contributed by atoms with Crippen LogP contribution in [-0.4, -0.2) is 24.7 Å².